The van der Waals surface area contributed by atoms with E-state index in [1.807, 2.05) is 6.92 Å². The van der Waals surface area contributed by atoms with Crippen molar-refractivity contribution in [2.75, 3.05) is 6.61 Å². The number of nitrogens with zero attached hydrogens (tertiary/aromatic N) is 4. The van der Waals surface area contributed by atoms with Crippen molar-refractivity contribution in [3.05, 3.63) is 58.6 Å². The first-order valence-corrected chi connectivity index (χ1v) is 6.93. The Hall–Kier alpha value is -1.85. The lowest BCUT2D eigenvalue weighted by molar-refractivity contribution is 0.167. The Morgan fingerprint density at radius 1 is 1.43 bits per heavy atom. The van der Waals surface area contributed by atoms with E-state index in [-0.39, 0.29) is 0 Å². The second-order valence-electron chi connectivity index (χ2n) is 4.49. The second kappa shape index (κ2) is 7.24. The van der Waals surface area contributed by atoms with Crippen LogP contribution in [0, 0.1) is 0 Å². The minimum absolute atomic E-state index is 0.339. The predicted octanol–water partition coefficient (Wildman–Crippen LogP) is 3.58. The third kappa shape index (κ3) is 4.58. The summed E-state index contributed by atoms with van der Waals surface area (Å²) in [6.07, 6.45) is 3.05. The first kappa shape index (κ1) is 15.5. The molecule has 2 aromatic rings. The van der Waals surface area contributed by atoms with E-state index >= 15 is 0 Å². The van der Waals surface area contributed by atoms with Crippen LogP contribution in [0.1, 0.15) is 12.5 Å². The standard InChI is InChI=1S/C14H14Cl2N4O/c1-10(2)7-21-19-14(6-20-9-17-8-18-20)12-4-3-11(15)5-13(12)16/h3-5,8-9H,1,6-7H2,2H3. The van der Waals surface area contributed by atoms with Crippen LogP contribution in [0.4, 0.5) is 0 Å². The van der Waals surface area contributed by atoms with Gasteiger partial charge in [0.2, 0.25) is 0 Å². The summed E-state index contributed by atoms with van der Waals surface area (Å²) in [4.78, 5) is 9.18. The van der Waals surface area contributed by atoms with Crippen LogP contribution in [-0.2, 0) is 11.4 Å². The highest BCUT2D eigenvalue weighted by molar-refractivity contribution is 6.37. The van der Waals surface area contributed by atoms with E-state index in [1.54, 1.807) is 29.2 Å². The van der Waals surface area contributed by atoms with Gasteiger partial charge in [-0.05, 0) is 30.7 Å². The molecule has 0 aliphatic heterocycles. The molecule has 0 atom stereocenters. The molecule has 0 spiro atoms. The number of rotatable bonds is 6. The summed E-state index contributed by atoms with van der Waals surface area (Å²) >= 11 is 12.1. The van der Waals surface area contributed by atoms with Gasteiger partial charge in [-0.3, -0.25) is 0 Å². The Bertz CT molecular complexity index is 653. The predicted molar refractivity (Wildman–Crippen MR) is 83.8 cm³/mol. The highest BCUT2D eigenvalue weighted by Crippen LogP contribution is 2.22. The number of aromatic nitrogens is 3. The molecule has 0 unspecified atom stereocenters. The zero-order valence-electron chi connectivity index (χ0n) is 11.5. The van der Waals surface area contributed by atoms with Crippen LogP contribution in [0.5, 0.6) is 0 Å². The van der Waals surface area contributed by atoms with Crippen molar-refractivity contribution in [3.8, 4) is 0 Å². The molecule has 0 radical (unpaired) electrons. The summed E-state index contributed by atoms with van der Waals surface area (Å²) in [6, 6.07) is 5.21. The second-order valence-corrected chi connectivity index (χ2v) is 5.33. The summed E-state index contributed by atoms with van der Waals surface area (Å²) in [7, 11) is 0. The smallest absolute Gasteiger partial charge is 0.137 e. The van der Waals surface area contributed by atoms with Gasteiger partial charge in [-0.15, -0.1) is 0 Å². The van der Waals surface area contributed by atoms with Gasteiger partial charge in [0, 0.05) is 10.6 Å². The van der Waals surface area contributed by atoms with Gasteiger partial charge in [0.25, 0.3) is 0 Å². The van der Waals surface area contributed by atoms with Crippen LogP contribution < -0.4 is 0 Å². The molecular weight excluding hydrogens is 311 g/mol. The summed E-state index contributed by atoms with van der Waals surface area (Å²) in [5.41, 5.74) is 2.24. The van der Waals surface area contributed by atoms with Gasteiger partial charge in [-0.2, -0.15) is 5.10 Å². The van der Waals surface area contributed by atoms with Crippen molar-refractivity contribution >= 4 is 28.9 Å². The molecule has 21 heavy (non-hydrogen) atoms. The zero-order chi connectivity index (χ0) is 15.2. The fraction of sp³-hybridized carbons (Fsp3) is 0.214. The van der Waals surface area contributed by atoms with Crippen molar-refractivity contribution < 1.29 is 4.84 Å². The first-order chi connectivity index (χ1) is 10.1. The SMILES string of the molecule is C=C(C)CON=C(Cn1cncn1)c1ccc(Cl)cc1Cl. The average Bonchev–Trinajstić information content (AvgIpc) is 2.90. The van der Waals surface area contributed by atoms with E-state index in [0.717, 1.165) is 11.1 Å². The topological polar surface area (TPSA) is 52.3 Å². The Morgan fingerprint density at radius 2 is 2.24 bits per heavy atom. The molecule has 110 valence electrons. The maximum atomic E-state index is 6.22. The van der Waals surface area contributed by atoms with Gasteiger partial charge in [0.05, 0.1) is 11.6 Å². The molecular formula is C14H14Cl2N4O. The Morgan fingerprint density at radius 3 is 2.86 bits per heavy atom. The molecule has 1 heterocycles. The van der Waals surface area contributed by atoms with Crippen molar-refractivity contribution in [2.24, 2.45) is 5.16 Å². The molecule has 0 N–H and O–H groups in total. The fourth-order valence-electron chi connectivity index (χ4n) is 1.57. The van der Waals surface area contributed by atoms with Gasteiger partial charge >= 0.3 is 0 Å². The van der Waals surface area contributed by atoms with E-state index < -0.39 is 0 Å². The number of hydrogen-bond donors (Lipinski definition) is 0. The third-order valence-electron chi connectivity index (χ3n) is 2.51. The number of oxime groups is 1. The molecule has 0 amide bonds. The van der Waals surface area contributed by atoms with Crippen LogP contribution in [-0.4, -0.2) is 27.1 Å². The molecule has 7 heteroatoms. The van der Waals surface area contributed by atoms with E-state index in [9.17, 15) is 0 Å². The lowest BCUT2D eigenvalue weighted by Crippen LogP contribution is -2.13. The molecule has 5 nitrogen and oxygen atoms in total. The summed E-state index contributed by atoms with van der Waals surface area (Å²) in [5, 5.41) is 9.26. The molecule has 1 aromatic heterocycles. The van der Waals surface area contributed by atoms with Crippen LogP contribution in [0.2, 0.25) is 10.0 Å². The maximum absolute atomic E-state index is 6.22. The molecule has 0 aliphatic carbocycles. The monoisotopic (exact) mass is 324 g/mol. The Labute approximate surface area is 132 Å². The van der Waals surface area contributed by atoms with Gasteiger partial charge in [-0.25, -0.2) is 9.67 Å². The largest absolute Gasteiger partial charge is 0.391 e. The van der Waals surface area contributed by atoms with E-state index in [1.165, 1.54) is 6.33 Å². The minimum atomic E-state index is 0.339. The fourth-order valence-corrected chi connectivity index (χ4v) is 2.09. The average molecular weight is 325 g/mol. The van der Waals surface area contributed by atoms with Crippen LogP contribution in [0.25, 0.3) is 0 Å². The summed E-state index contributed by atoms with van der Waals surface area (Å²) < 4.78 is 1.63. The van der Waals surface area contributed by atoms with Crippen LogP contribution in [0.3, 0.4) is 0 Å². The van der Waals surface area contributed by atoms with E-state index in [0.29, 0.717) is 28.9 Å². The van der Waals surface area contributed by atoms with Crippen molar-refractivity contribution in [1.82, 2.24) is 14.8 Å². The number of hydrogen-bond acceptors (Lipinski definition) is 4. The number of benzene rings is 1. The molecule has 0 fully saturated rings. The van der Waals surface area contributed by atoms with E-state index in [2.05, 4.69) is 21.8 Å². The maximum Gasteiger partial charge on any atom is 0.137 e. The quantitative estimate of drug-likeness (QED) is 0.463. The number of halogens is 2. The molecule has 2 rings (SSSR count). The van der Waals surface area contributed by atoms with Crippen LogP contribution >= 0.6 is 23.2 Å². The highest BCUT2D eigenvalue weighted by atomic mass is 35.5. The summed E-state index contributed by atoms with van der Waals surface area (Å²) in [5.74, 6) is 0. The van der Waals surface area contributed by atoms with E-state index in [4.69, 9.17) is 28.0 Å². The lowest BCUT2D eigenvalue weighted by atomic mass is 10.1. The summed E-state index contributed by atoms with van der Waals surface area (Å²) in [6.45, 7) is 6.35. The molecule has 0 bridgehead atoms. The van der Waals surface area contributed by atoms with Crippen LogP contribution in [0.15, 0.2) is 48.2 Å². The van der Waals surface area contributed by atoms with Gasteiger partial charge < -0.3 is 4.84 Å². The van der Waals surface area contributed by atoms with Gasteiger partial charge in [0.15, 0.2) is 0 Å². The Balaban J connectivity index is 2.27. The molecule has 1 aromatic carbocycles. The van der Waals surface area contributed by atoms with Crippen molar-refractivity contribution in [2.45, 2.75) is 13.5 Å². The van der Waals surface area contributed by atoms with Gasteiger partial charge in [-0.1, -0.05) is 34.9 Å². The van der Waals surface area contributed by atoms with Gasteiger partial charge in [0.1, 0.15) is 25.0 Å². The molecule has 0 saturated carbocycles. The van der Waals surface area contributed by atoms with Crippen molar-refractivity contribution in [1.29, 1.82) is 0 Å². The third-order valence-corrected chi connectivity index (χ3v) is 3.05. The highest BCUT2D eigenvalue weighted by Gasteiger charge is 2.11. The first-order valence-electron chi connectivity index (χ1n) is 6.17. The Kier molecular flexibility index (Phi) is 5.36. The lowest BCUT2D eigenvalue weighted by Gasteiger charge is -2.09. The molecule has 0 saturated heterocycles. The normalized spacial score (nSPS) is 11.5. The minimum Gasteiger partial charge on any atom is -0.391 e. The zero-order valence-corrected chi connectivity index (χ0v) is 13.0. The van der Waals surface area contributed by atoms with Crippen molar-refractivity contribution in [3.63, 3.8) is 0 Å². The molecule has 0 aliphatic rings.